The van der Waals surface area contributed by atoms with Crippen molar-refractivity contribution in [3.63, 3.8) is 0 Å². The van der Waals surface area contributed by atoms with Crippen LogP contribution in [-0.2, 0) is 20.4 Å². The van der Waals surface area contributed by atoms with Gasteiger partial charge in [0.2, 0.25) is 5.91 Å². The predicted octanol–water partition coefficient (Wildman–Crippen LogP) is 4.54. The first-order valence-electron chi connectivity index (χ1n) is 9.73. The molecule has 0 spiro atoms. The fraction of sp³-hybridized carbons (Fsp3) is 0.125. The summed E-state index contributed by atoms with van der Waals surface area (Å²) in [5, 5.41) is 4.24. The fourth-order valence-corrected chi connectivity index (χ4v) is 5.15. The highest BCUT2D eigenvalue weighted by molar-refractivity contribution is 7.90. The van der Waals surface area contributed by atoms with Crippen LogP contribution < -0.4 is 5.32 Å². The Balaban J connectivity index is 1.72. The summed E-state index contributed by atoms with van der Waals surface area (Å²) in [7, 11) is -3.59. The van der Waals surface area contributed by atoms with Crippen LogP contribution in [-0.4, -0.2) is 24.3 Å². The van der Waals surface area contributed by atoms with Crippen molar-refractivity contribution in [3.8, 4) is 11.1 Å². The topological polar surface area (TPSA) is 89.0 Å². The molecule has 0 aliphatic heterocycles. The Kier molecular flexibility index (Phi) is 5.52. The van der Waals surface area contributed by atoms with E-state index in [2.05, 4.69) is 15.3 Å². The van der Waals surface area contributed by atoms with E-state index in [9.17, 15) is 13.2 Å². The van der Waals surface area contributed by atoms with Gasteiger partial charge in [0.05, 0.1) is 10.6 Å². The van der Waals surface area contributed by atoms with Gasteiger partial charge in [-0.15, -0.1) is 0 Å². The Morgan fingerprint density at radius 3 is 2.55 bits per heavy atom. The lowest BCUT2D eigenvalue weighted by Gasteiger charge is -2.12. The molecular weight excluding hydrogens is 410 g/mol. The van der Waals surface area contributed by atoms with Gasteiger partial charge < -0.3 is 5.32 Å². The van der Waals surface area contributed by atoms with Gasteiger partial charge in [0.15, 0.2) is 9.84 Å². The third kappa shape index (κ3) is 4.46. The number of benzene rings is 2. The first-order valence-corrected chi connectivity index (χ1v) is 11.4. The molecule has 6 nitrogen and oxygen atoms in total. The number of pyridine rings is 2. The molecule has 1 N–H and O–H groups in total. The van der Waals surface area contributed by atoms with Gasteiger partial charge >= 0.3 is 0 Å². The number of carbonyl (C=O) groups excluding carboxylic acids is 1. The predicted molar refractivity (Wildman–Crippen MR) is 121 cm³/mol. The van der Waals surface area contributed by atoms with Gasteiger partial charge in [-0.2, -0.15) is 0 Å². The van der Waals surface area contributed by atoms with Gasteiger partial charge in [0, 0.05) is 36.0 Å². The van der Waals surface area contributed by atoms with Gasteiger partial charge in [-0.25, -0.2) is 13.4 Å². The average molecular weight is 432 g/mol. The number of sulfone groups is 1. The molecule has 0 atom stereocenters. The molecule has 1 amide bonds. The highest BCUT2D eigenvalue weighted by Crippen LogP contribution is 2.28. The molecule has 156 valence electrons. The molecule has 2 heterocycles. The molecule has 0 aliphatic rings. The van der Waals surface area contributed by atoms with Crippen molar-refractivity contribution in [1.29, 1.82) is 0 Å². The Morgan fingerprint density at radius 1 is 0.968 bits per heavy atom. The number of nitrogens with one attached hydrogen (secondary N) is 1. The highest BCUT2D eigenvalue weighted by Gasteiger charge is 2.20. The monoisotopic (exact) mass is 431 g/mol. The van der Waals surface area contributed by atoms with Crippen molar-refractivity contribution in [2.75, 3.05) is 5.32 Å². The largest absolute Gasteiger partial charge is 0.311 e. The van der Waals surface area contributed by atoms with E-state index in [-0.39, 0.29) is 11.7 Å². The van der Waals surface area contributed by atoms with Crippen LogP contribution in [0.5, 0.6) is 0 Å². The molecule has 0 radical (unpaired) electrons. The minimum absolute atomic E-state index is 0.155. The normalized spacial score (nSPS) is 11.4. The van der Waals surface area contributed by atoms with Crippen molar-refractivity contribution in [3.05, 3.63) is 84.3 Å². The van der Waals surface area contributed by atoms with E-state index in [0.717, 1.165) is 16.5 Å². The van der Waals surface area contributed by atoms with Crippen molar-refractivity contribution in [2.24, 2.45) is 0 Å². The van der Waals surface area contributed by atoms with Crippen LogP contribution in [0.4, 0.5) is 5.82 Å². The third-order valence-electron chi connectivity index (χ3n) is 5.02. The Hall–Kier alpha value is -3.58. The number of anilines is 1. The van der Waals surface area contributed by atoms with Crippen molar-refractivity contribution in [1.82, 2.24) is 9.97 Å². The number of fused-ring (bicyclic) bond motifs is 1. The zero-order valence-corrected chi connectivity index (χ0v) is 18.0. The maximum Gasteiger partial charge on any atom is 0.222 e. The lowest BCUT2D eigenvalue weighted by molar-refractivity contribution is -0.114. The molecule has 0 saturated carbocycles. The SMILES string of the molecule is CC(=O)Nc1cc(-c2cnc(C)c(CS(=O)(=O)c3cccc4ccccc34)c2)ccn1. The molecule has 4 aromatic rings. The number of aryl methyl sites for hydroxylation is 1. The van der Waals surface area contributed by atoms with E-state index in [1.54, 1.807) is 43.6 Å². The fourth-order valence-electron chi connectivity index (χ4n) is 3.49. The van der Waals surface area contributed by atoms with Crippen molar-refractivity contribution < 1.29 is 13.2 Å². The molecular formula is C24H21N3O3S. The van der Waals surface area contributed by atoms with Gasteiger partial charge in [-0.05, 0) is 47.7 Å². The summed E-state index contributed by atoms with van der Waals surface area (Å²) in [6, 6.07) is 18.1. The number of aromatic nitrogens is 2. The van der Waals surface area contributed by atoms with Crippen molar-refractivity contribution in [2.45, 2.75) is 24.5 Å². The van der Waals surface area contributed by atoms with E-state index in [1.807, 2.05) is 36.4 Å². The molecule has 0 unspecified atom stereocenters. The summed E-state index contributed by atoms with van der Waals surface area (Å²) in [5.41, 5.74) is 2.82. The molecule has 4 rings (SSSR count). The zero-order valence-electron chi connectivity index (χ0n) is 17.2. The summed E-state index contributed by atoms with van der Waals surface area (Å²) in [6.07, 6.45) is 3.28. The summed E-state index contributed by atoms with van der Waals surface area (Å²) in [4.78, 5) is 20.2. The van der Waals surface area contributed by atoms with E-state index >= 15 is 0 Å². The number of hydrogen-bond donors (Lipinski definition) is 1. The van der Waals surface area contributed by atoms with Gasteiger partial charge in [-0.3, -0.25) is 9.78 Å². The van der Waals surface area contributed by atoms with Crippen molar-refractivity contribution >= 4 is 32.3 Å². The van der Waals surface area contributed by atoms with Crippen LogP contribution in [0, 0.1) is 6.92 Å². The van der Waals surface area contributed by atoms with Crippen LogP contribution in [0.3, 0.4) is 0 Å². The minimum atomic E-state index is -3.59. The lowest BCUT2D eigenvalue weighted by Crippen LogP contribution is -2.08. The van der Waals surface area contributed by atoms with Crippen LogP contribution in [0.15, 0.2) is 78.0 Å². The second-order valence-electron chi connectivity index (χ2n) is 7.32. The maximum absolute atomic E-state index is 13.3. The second-order valence-corrected chi connectivity index (χ2v) is 9.27. The summed E-state index contributed by atoms with van der Waals surface area (Å²) in [5.74, 6) is 0.0566. The van der Waals surface area contributed by atoms with E-state index in [4.69, 9.17) is 0 Å². The Morgan fingerprint density at radius 2 is 1.74 bits per heavy atom. The number of carbonyl (C=O) groups is 1. The molecule has 2 aromatic heterocycles. The van der Waals surface area contributed by atoms with E-state index in [1.165, 1.54) is 6.92 Å². The summed E-state index contributed by atoms with van der Waals surface area (Å²) >= 11 is 0. The van der Waals surface area contributed by atoms with Crippen LogP contribution in [0.1, 0.15) is 18.2 Å². The zero-order chi connectivity index (χ0) is 22.0. The Bertz CT molecular complexity index is 1390. The maximum atomic E-state index is 13.3. The molecule has 7 heteroatoms. The number of rotatable bonds is 5. The molecule has 31 heavy (non-hydrogen) atoms. The van der Waals surface area contributed by atoms with E-state index < -0.39 is 9.84 Å². The average Bonchev–Trinajstić information content (AvgIpc) is 2.74. The first-order chi connectivity index (χ1) is 14.8. The van der Waals surface area contributed by atoms with Crippen LogP contribution >= 0.6 is 0 Å². The smallest absolute Gasteiger partial charge is 0.222 e. The standard InChI is InChI=1S/C24H21N3O3S/c1-16-21(12-20(14-26-16)19-10-11-25-24(13-19)27-17(2)28)15-31(29,30)23-9-5-7-18-6-3-4-8-22(18)23/h3-14H,15H2,1-2H3,(H,25,27,28). The molecule has 2 aromatic carbocycles. The summed E-state index contributed by atoms with van der Waals surface area (Å²) in [6.45, 7) is 3.21. The number of nitrogens with zero attached hydrogens (tertiary/aromatic N) is 2. The highest BCUT2D eigenvalue weighted by atomic mass is 32.2. The van der Waals surface area contributed by atoms with Gasteiger partial charge in [0.25, 0.3) is 0 Å². The van der Waals surface area contributed by atoms with E-state index in [0.29, 0.717) is 27.4 Å². The molecule has 0 saturated heterocycles. The minimum Gasteiger partial charge on any atom is -0.311 e. The number of hydrogen-bond acceptors (Lipinski definition) is 5. The van der Waals surface area contributed by atoms with Gasteiger partial charge in [-0.1, -0.05) is 36.4 Å². The Labute approximate surface area is 180 Å². The molecule has 0 fully saturated rings. The number of amides is 1. The van der Waals surface area contributed by atoms with Gasteiger partial charge in [0.1, 0.15) is 5.82 Å². The molecule has 0 bridgehead atoms. The second kappa shape index (κ2) is 8.28. The lowest BCUT2D eigenvalue weighted by atomic mass is 10.1. The molecule has 0 aliphatic carbocycles. The van der Waals surface area contributed by atoms with Crippen LogP contribution in [0.2, 0.25) is 0 Å². The third-order valence-corrected chi connectivity index (χ3v) is 6.74. The summed E-state index contributed by atoms with van der Waals surface area (Å²) < 4.78 is 26.6. The first kappa shape index (κ1) is 20.7. The quantitative estimate of drug-likeness (QED) is 0.501. The van der Waals surface area contributed by atoms with Crippen LogP contribution in [0.25, 0.3) is 21.9 Å².